The summed E-state index contributed by atoms with van der Waals surface area (Å²) in [5, 5.41) is 12.1. The van der Waals surface area contributed by atoms with Crippen molar-refractivity contribution in [1.82, 2.24) is 9.55 Å². The number of nitriles is 1. The number of anilines is 1. The Hall–Kier alpha value is -2.61. The van der Waals surface area contributed by atoms with Gasteiger partial charge in [-0.3, -0.25) is 9.36 Å². The fraction of sp³-hybridized carbons (Fsp3) is 0.267. The lowest BCUT2D eigenvalue weighted by Gasteiger charge is -2.12. The van der Waals surface area contributed by atoms with Gasteiger partial charge >= 0.3 is 0 Å². The normalized spacial score (nSPS) is 11.7. The standard InChI is InChI=1S/C15H16N4O/c1-3-11(2)18-14-7-6-13(10-17-14)19-8-4-5-12(9-16)15(19)20/h4-8,10-11H,3H2,1-2H3,(H,17,18). The van der Waals surface area contributed by atoms with Crippen LogP contribution in [0.15, 0.2) is 41.5 Å². The Morgan fingerprint density at radius 1 is 1.45 bits per heavy atom. The summed E-state index contributed by atoms with van der Waals surface area (Å²) in [5.41, 5.74) is 0.426. The largest absolute Gasteiger partial charge is 0.368 e. The number of rotatable bonds is 4. The topological polar surface area (TPSA) is 70.7 Å². The summed E-state index contributed by atoms with van der Waals surface area (Å²) in [5.74, 6) is 0.771. The fourth-order valence-corrected chi connectivity index (χ4v) is 1.75. The van der Waals surface area contributed by atoms with Crippen LogP contribution in [0.1, 0.15) is 25.8 Å². The predicted octanol–water partition coefficient (Wildman–Crippen LogP) is 2.31. The van der Waals surface area contributed by atoms with Crippen molar-refractivity contribution in [2.45, 2.75) is 26.3 Å². The molecule has 0 aromatic carbocycles. The quantitative estimate of drug-likeness (QED) is 0.923. The van der Waals surface area contributed by atoms with E-state index in [0.29, 0.717) is 11.7 Å². The Labute approximate surface area is 117 Å². The molecule has 1 unspecified atom stereocenters. The number of hydrogen-bond donors (Lipinski definition) is 1. The van der Waals surface area contributed by atoms with Crippen molar-refractivity contribution in [2.24, 2.45) is 0 Å². The van der Waals surface area contributed by atoms with Crippen molar-refractivity contribution >= 4 is 5.82 Å². The summed E-state index contributed by atoms with van der Waals surface area (Å²) < 4.78 is 1.42. The molecule has 2 heterocycles. The molecule has 2 aromatic heterocycles. The van der Waals surface area contributed by atoms with Crippen LogP contribution in [0.5, 0.6) is 0 Å². The predicted molar refractivity (Wildman–Crippen MR) is 77.9 cm³/mol. The average molecular weight is 268 g/mol. The van der Waals surface area contributed by atoms with Crippen LogP contribution < -0.4 is 10.9 Å². The van der Waals surface area contributed by atoms with Gasteiger partial charge in [-0.15, -0.1) is 0 Å². The maximum Gasteiger partial charge on any atom is 0.273 e. The van der Waals surface area contributed by atoms with Crippen LogP contribution in [0, 0.1) is 11.3 Å². The van der Waals surface area contributed by atoms with Gasteiger partial charge in [-0.05, 0) is 37.6 Å². The third-order valence-corrected chi connectivity index (χ3v) is 3.10. The fourth-order valence-electron chi connectivity index (χ4n) is 1.75. The number of nitrogens with one attached hydrogen (secondary N) is 1. The molecular formula is C15H16N4O. The molecule has 0 saturated heterocycles. The Morgan fingerprint density at radius 2 is 2.25 bits per heavy atom. The van der Waals surface area contributed by atoms with Gasteiger partial charge in [-0.2, -0.15) is 5.26 Å². The van der Waals surface area contributed by atoms with Crippen molar-refractivity contribution < 1.29 is 0 Å². The van der Waals surface area contributed by atoms with E-state index in [-0.39, 0.29) is 11.1 Å². The minimum Gasteiger partial charge on any atom is -0.368 e. The minimum atomic E-state index is -0.334. The molecule has 0 amide bonds. The van der Waals surface area contributed by atoms with Crippen LogP contribution in [-0.2, 0) is 0 Å². The van der Waals surface area contributed by atoms with Crippen molar-refractivity contribution in [3.63, 3.8) is 0 Å². The van der Waals surface area contributed by atoms with Crippen LogP contribution >= 0.6 is 0 Å². The zero-order chi connectivity index (χ0) is 14.5. The van der Waals surface area contributed by atoms with Gasteiger partial charge in [0.2, 0.25) is 0 Å². The number of pyridine rings is 2. The lowest BCUT2D eigenvalue weighted by atomic mass is 10.2. The zero-order valence-corrected chi connectivity index (χ0v) is 11.5. The second-order valence-corrected chi connectivity index (χ2v) is 4.56. The Kier molecular flexibility index (Phi) is 4.16. The maximum atomic E-state index is 12.0. The molecule has 0 aliphatic carbocycles. The zero-order valence-electron chi connectivity index (χ0n) is 11.5. The summed E-state index contributed by atoms with van der Waals surface area (Å²) in [6, 6.07) is 9.04. The Morgan fingerprint density at radius 3 is 2.85 bits per heavy atom. The molecule has 0 spiro atoms. The molecule has 1 N–H and O–H groups in total. The molecule has 102 valence electrons. The average Bonchev–Trinajstić information content (AvgIpc) is 2.48. The van der Waals surface area contributed by atoms with E-state index < -0.39 is 0 Å². The third-order valence-electron chi connectivity index (χ3n) is 3.10. The molecule has 0 aliphatic rings. The first-order valence-electron chi connectivity index (χ1n) is 6.50. The van der Waals surface area contributed by atoms with Gasteiger partial charge in [0.1, 0.15) is 17.5 Å². The summed E-state index contributed by atoms with van der Waals surface area (Å²) in [4.78, 5) is 16.3. The summed E-state index contributed by atoms with van der Waals surface area (Å²) >= 11 is 0. The Bertz CT molecular complexity index is 682. The van der Waals surface area contributed by atoms with Crippen LogP contribution in [0.4, 0.5) is 5.82 Å². The molecule has 5 heteroatoms. The van der Waals surface area contributed by atoms with E-state index in [2.05, 4.69) is 24.1 Å². The van der Waals surface area contributed by atoms with Crippen molar-refractivity contribution in [1.29, 1.82) is 5.26 Å². The highest BCUT2D eigenvalue weighted by atomic mass is 16.1. The molecule has 0 fully saturated rings. The summed E-state index contributed by atoms with van der Waals surface area (Å²) in [6.45, 7) is 4.18. The minimum absolute atomic E-state index is 0.120. The van der Waals surface area contributed by atoms with E-state index >= 15 is 0 Å². The van der Waals surface area contributed by atoms with Crippen molar-refractivity contribution in [3.8, 4) is 11.8 Å². The van der Waals surface area contributed by atoms with Gasteiger partial charge in [0.15, 0.2) is 0 Å². The Balaban J connectivity index is 2.32. The van der Waals surface area contributed by atoms with Crippen LogP contribution in [0.25, 0.3) is 5.69 Å². The van der Waals surface area contributed by atoms with Crippen LogP contribution in [0.2, 0.25) is 0 Å². The third kappa shape index (κ3) is 2.86. The lowest BCUT2D eigenvalue weighted by molar-refractivity contribution is 0.759. The van der Waals surface area contributed by atoms with E-state index in [1.807, 2.05) is 12.1 Å². The van der Waals surface area contributed by atoms with Gasteiger partial charge in [0, 0.05) is 12.2 Å². The molecule has 2 rings (SSSR count). The maximum absolute atomic E-state index is 12.0. The molecule has 2 aromatic rings. The molecule has 0 saturated carbocycles. The first-order chi connectivity index (χ1) is 9.65. The first kappa shape index (κ1) is 13.8. The van der Waals surface area contributed by atoms with Gasteiger partial charge in [-0.1, -0.05) is 6.92 Å². The van der Waals surface area contributed by atoms with Crippen molar-refractivity contribution in [2.75, 3.05) is 5.32 Å². The van der Waals surface area contributed by atoms with Gasteiger partial charge in [-0.25, -0.2) is 4.98 Å². The number of hydrogen-bond acceptors (Lipinski definition) is 4. The molecule has 0 aliphatic heterocycles. The smallest absolute Gasteiger partial charge is 0.273 e. The van der Waals surface area contributed by atoms with E-state index in [9.17, 15) is 4.79 Å². The molecule has 1 atom stereocenters. The second kappa shape index (κ2) is 6.02. The highest BCUT2D eigenvalue weighted by Crippen LogP contribution is 2.10. The van der Waals surface area contributed by atoms with E-state index in [4.69, 9.17) is 5.26 Å². The lowest BCUT2D eigenvalue weighted by Crippen LogP contribution is -2.20. The molecule has 20 heavy (non-hydrogen) atoms. The molecule has 0 radical (unpaired) electrons. The first-order valence-corrected chi connectivity index (χ1v) is 6.50. The summed E-state index contributed by atoms with van der Waals surface area (Å²) in [6.07, 6.45) is 4.25. The monoisotopic (exact) mass is 268 g/mol. The number of nitrogens with zero attached hydrogens (tertiary/aromatic N) is 3. The highest BCUT2D eigenvalue weighted by molar-refractivity contribution is 5.42. The molecular weight excluding hydrogens is 252 g/mol. The van der Waals surface area contributed by atoms with Crippen molar-refractivity contribution in [3.05, 3.63) is 52.6 Å². The molecule has 5 nitrogen and oxygen atoms in total. The van der Waals surface area contributed by atoms with Gasteiger partial charge < -0.3 is 5.32 Å². The molecule has 0 bridgehead atoms. The van der Waals surface area contributed by atoms with E-state index in [1.165, 1.54) is 10.6 Å². The SMILES string of the molecule is CCC(C)Nc1ccc(-n2cccc(C#N)c2=O)cn1. The number of aromatic nitrogens is 2. The van der Waals surface area contributed by atoms with Crippen LogP contribution in [-0.4, -0.2) is 15.6 Å². The van der Waals surface area contributed by atoms with Crippen LogP contribution in [0.3, 0.4) is 0 Å². The van der Waals surface area contributed by atoms with E-state index in [0.717, 1.165) is 12.2 Å². The second-order valence-electron chi connectivity index (χ2n) is 4.56. The van der Waals surface area contributed by atoms with Gasteiger partial charge in [0.25, 0.3) is 5.56 Å². The van der Waals surface area contributed by atoms with E-state index in [1.54, 1.807) is 24.5 Å². The van der Waals surface area contributed by atoms with Gasteiger partial charge in [0.05, 0.1) is 11.9 Å². The summed E-state index contributed by atoms with van der Waals surface area (Å²) in [7, 11) is 0. The highest BCUT2D eigenvalue weighted by Gasteiger charge is 2.05.